The predicted octanol–water partition coefficient (Wildman–Crippen LogP) is 2.77. The number of hydrogen-bond acceptors (Lipinski definition) is 3. The molecule has 0 spiro atoms. The van der Waals surface area contributed by atoms with Crippen LogP contribution in [-0.2, 0) is 0 Å². The maximum atomic E-state index is 9.21. The van der Waals surface area contributed by atoms with Gasteiger partial charge in [-0.3, -0.25) is 0 Å². The van der Waals surface area contributed by atoms with Gasteiger partial charge in [-0.15, -0.1) is 0 Å². The van der Waals surface area contributed by atoms with Crippen LogP contribution in [0.2, 0.25) is 0 Å². The molecule has 2 N–H and O–H groups in total. The summed E-state index contributed by atoms with van der Waals surface area (Å²) in [6.07, 6.45) is 5.44. The summed E-state index contributed by atoms with van der Waals surface area (Å²) in [5, 5.41) is 9.21. The van der Waals surface area contributed by atoms with Gasteiger partial charge in [0.2, 0.25) is 0 Å². The van der Waals surface area contributed by atoms with E-state index in [4.69, 9.17) is 5.73 Å². The van der Waals surface area contributed by atoms with Crippen molar-refractivity contribution in [2.75, 3.05) is 19.6 Å². The van der Waals surface area contributed by atoms with Crippen LogP contribution in [0.3, 0.4) is 0 Å². The SMILES string of the molecule is CCC(C)CN(CC)CCC1CCCC1(N)C#N. The lowest BCUT2D eigenvalue weighted by Gasteiger charge is -2.28. The van der Waals surface area contributed by atoms with Crippen molar-refractivity contribution >= 4 is 0 Å². The fourth-order valence-corrected chi connectivity index (χ4v) is 2.94. The summed E-state index contributed by atoms with van der Waals surface area (Å²) in [7, 11) is 0. The van der Waals surface area contributed by atoms with Gasteiger partial charge >= 0.3 is 0 Å². The zero-order chi connectivity index (χ0) is 13.6. The average Bonchev–Trinajstić information content (AvgIpc) is 2.76. The highest BCUT2D eigenvalue weighted by Crippen LogP contribution is 2.35. The van der Waals surface area contributed by atoms with E-state index in [1.54, 1.807) is 0 Å². The molecule has 3 nitrogen and oxygen atoms in total. The summed E-state index contributed by atoms with van der Waals surface area (Å²) in [6.45, 7) is 10.1. The zero-order valence-corrected chi connectivity index (χ0v) is 12.3. The largest absolute Gasteiger partial charge is 0.313 e. The molecule has 1 aliphatic carbocycles. The van der Waals surface area contributed by atoms with Gasteiger partial charge in [0, 0.05) is 6.54 Å². The Morgan fingerprint density at radius 3 is 2.78 bits per heavy atom. The summed E-state index contributed by atoms with van der Waals surface area (Å²) in [5.74, 6) is 1.15. The molecular weight excluding hydrogens is 222 g/mol. The third kappa shape index (κ3) is 3.96. The van der Waals surface area contributed by atoms with Crippen LogP contribution in [0, 0.1) is 23.2 Å². The van der Waals surface area contributed by atoms with Gasteiger partial charge in [0.05, 0.1) is 6.07 Å². The Morgan fingerprint density at radius 2 is 2.22 bits per heavy atom. The Hall–Kier alpha value is -0.590. The van der Waals surface area contributed by atoms with Crippen molar-refractivity contribution in [2.24, 2.45) is 17.6 Å². The maximum absolute atomic E-state index is 9.21. The lowest BCUT2D eigenvalue weighted by molar-refractivity contribution is 0.217. The van der Waals surface area contributed by atoms with Crippen LogP contribution in [0.4, 0.5) is 0 Å². The standard InChI is InChI=1S/C15H29N3/c1-4-13(3)11-18(5-2)10-8-14-7-6-9-15(14,17)12-16/h13-14H,4-11,17H2,1-3H3. The number of rotatable bonds is 7. The molecule has 0 amide bonds. The van der Waals surface area contributed by atoms with Crippen LogP contribution in [0.1, 0.15) is 52.9 Å². The van der Waals surface area contributed by atoms with Gasteiger partial charge in [-0.2, -0.15) is 5.26 Å². The minimum absolute atomic E-state index is 0.397. The van der Waals surface area contributed by atoms with Gasteiger partial charge in [0.25, 0.3) is 0 Å². The first-order valence-corrected chi connectivity index (χ1v) is 7.48. The van der Waals surface area contributed by atoms with Crippen molar-refractivity contribution in [2.45, 2.75) is 58.4 Å². The number of nitriles is 1. The van der Waals surface area contributed by atoms with Crippen molar-refractivity contribution in [3.05, 3.63) is 0 Å². The molecule has 3 atom stereocenters. The summed E-state index contributed by atoms with van der Waals surface area (Å²) in [5.41, 5.74) is 5.63. The van der Waals surface area contributed by atoms with Gasteiger partial charge in [-0.25, -0.2) is 0 Å². The summed E-state index contributed by atoms with van der Waals surface area (Å²) in [6, 6.07) is 2.34. The smallest absolute Gasteiger partial charge is 0.107 e. The quantitative estimate of drug-likeness (QED) is 0.757. The van der Waals surface area contributed by atoms with E-state index in [9.17, 15) is 5.26 Å². The average molecular weight is 251 g/mol. The van der Waals surface area contributed by atoms with Crippen LogP contribution >= 0.6 is 0 Å². The molecule has 3 unspecified atom stereocenters. The van der Waals surface area contributed by atoms with E-state index in [2.05, 4.69) is 31.7 Å². The van der Waals surface area contributed by atoms with Crippen LogP contribution in [0.25, 0.3) is 0 Å². The van der Waals surface area contributed by atoms with E-state index in [1.165, 1.54) is 13.0 Å². The molecule has 1 fully saturated rings. The third-order valence-electron chi connectivity index (χ3n) is 4.59. The molecule has 0 aromatic carbocycles. The number of nitrogens with two attached hydrogens (primary N) is 1. The highest BCUT2D eigenvalue weighted by molar-refractivity contribution is 5.11. The molecule has 0 aromatic rings. The minimum Gasteiger partial charge on any atom is -0.313 e. The van der Waals surface area contributed by atoms with E-state index < -0.39 is 5.54 Å². The second kappa shape index (κ2) is 7.11. The molecule has 104 valence electrons. The summed E-state index contributed by atoms with van der Waals surface area (Å²) in [4.78, 5) is 2.50. The van der Waals surface area contributed by atoms with Crippen LogP contribution in [-0.4, -0.2) is 30.1 Å². The molecule has 0 saturated heterocycles. The third-order valence-corrected chi connectivity index (χ3v) is 4.59. The molecule has 1 rings (SSSR count). The topological polar surface area (TPSA) is 53.0 Å². The maximum Gasteiger partial charge on any atom is 0.107 e. The second-order valence-electron chi connectivity index (χ2n) is 5.94. The normalized spacial score (nSPS) is 29.4. The van der Waals surface area contributed by atoms with Gasteiger partial charge in [-0.05, 0) is 44.2 Å². The Balaban J connectivity index is 2.41. The molecule has 0 aromatic heterocycles. The monoisotopic (exact) mass is 251 g/mol. The first-order valence-electron chi connectivity index (χ1n) is 7.48. The van der Waals surface area contributed by atoms with Crippen molar-refractivity contribution < 1.29 is 0 Å². The Morgan fingerprint density at radius 1 is 1.50 bits per heavy atom. The van der Waals surface area contributed by atoms with Crippen molar-refractivity contribution in [3.8, 4) is 6.07 Å². The molecular formula is C15H29N3. The van der Waals surface area contributed by atoms with E-state index >= 15 is 0 Å². The van der Waals surface area contributed by atoms with Crippen LogP contribution in [0.5, 0.6) is 0 Å². The second-order valence-corrected chi connectivity index (χ2v) is 5.94. The van der Waals surface area contributed by atoms with Gasteiger partial charge in [0.1, 0.15) is 5.54 Å². The van der Waals surface area contributed by atoms with E-state index in [1.807, 2.05) is 0 Å². The highest BCUT2D eigenvalue weighted by atomic mass is 15.1. The molecule has 1 saturated carbocycles. The van der Waals surface area contributed by atoms with E-state index in [0.717, 1.165) is 44.7 Å². The molecule has 0 bridgehead atoms. The number of nitrogens with zero attached hydrogens (tertiary/aromatic N) is 2. The van der Waals surface area contributed by atoms with Crippen molar-refractivity contribution in [3.63, 3.8) is 0 Å². The van der Waals surface area contributed by atoms with Gasteiger partial charge < -0.3 is 10.6 Å². The lowest BCUT2D eigenvalue weighted by atomic mass is 9.87. The zero-order valence-electron chi connectivity index (χ0n) is 12.3. The lowest BCUT2D eigenvalue weighted by Crippen LogP contribution is -2.43. The highest BCUT2D eigenvalue weighted by Gasteiger charge is 2.39. The van der Waals surface area contributed by atoms with Crippen LogP contribution < -0.4 is 5.73 Å². The minimum atomic E-state index is -0.546. The molecule has 3 heteroatoms. The molecule has 0 radical (unpaired) electrons. The van der Waals surface area contributed by atoms with Crippen molar-refractivity contribution in [1.82, 2.24) is 4.90 Å². The molecule has 0 heterocycles. The fourth-order valence-electron chi connectivity index (χ4n) is 2.94. The molecule has 0 aliphatic heterocycles. The Labute approximate surface area is 112 Å². The van der Waals surface area contributed by atoms with Crippen LogP contribution in [0.15, 0.2) is 0 Å². The van der Waals surface area contributed by atoms with E-state index in [0.29, 0.717) is 5.92 Å². The number of hydrogen-bond donors (Lipinski definition) is 1. The Kier molecular flexibility index (Phi) is 6.11. The van der Waals surface area contributed by atoms with Gasteiger partial charge in [0.15, 0.2) is 0 Å². The fraction of sp³-hybridized carbons (Fsp3) is 0.933. The summed E-state index contributed by atoms with van der Waals surface area (Å²) >= 11 is 0. The molecule has 18 heavy (non-hydrogen) atoms. The van der Waals surface area contributed by atoms with Gasteiger partial charge in [-0.1, -0.05) is 33.6 Å². The summed E-state index contributed by atoms with van der Waals surface area (Å²) < 4.78 is 0. The first kappa shape index (κ1) is 15.5. The molecule has 1 aliphatic rings. The Bertz CT molecular complexity index is 284. The predicted molar refractivity (Wildman–Crippen MR) is 76.1 cm³/mol. The van der Waals surface area contributed by atoms with E-state index in [-0.39, 0.29) is 0 Å². The first-order chi connectivity index (χ1) is 8.55. The van der Waals surface area contributed by atoms with Crippen molar-refractivity contribution in [1.29, 1.82) is 5.26 Å².